The van der Waals surface area contributed by atoms with Crippen LogP contribution in [0.1, 0.15) is 33.1 Å². The van der Waals surface area contributed by atoms with E-state index in [0.29, 0.717) is 6.04 Å². The van der Waals surface area contributed by atoms with E-state index in [1.165, 1.54) is 42.3 Å². The monoisotopic (exact) mass is 233 g/mol. The minimum atomic E-state index is 0.706. The van der Waals surface area contributed by atoms with Crippen LogP contribution >= 0.6 is 23.5 Å². The molecule has 1 heterocycles. The first-order chi connectivity index (χ1) is 6.83. The highest BCUT2D eigenvalue weighted by Crippen LogP contribution is 2.17. The highest BCUT2D eigenvalue weighted by molar-refractivity contribution is 7.99. The maximum absolute atomic E-state index is 3.74. The van der Waals surface area contributed by atoms with Crippen molar-refractivity contribution in [2.24, 2.45) is 0 Å². The Balaban J connectivity index is 2.03. The number of hydrogen-bond donors (Lipinski definition) is 1. The molecule has 0 aromatic heterocycles. The van der Waals surface area contributed by atoms with Crippen LogP contribution in [0.15, 0.2) is 0 Å². The summed E-state index contributed by atoms with van der Waals surface area (Å²) in [5.74, 6) is 5.26. The summed E-state index contributed by atoms with van der Waals surface area (Å²) in [7, 11) is 0. The van der Waals surface area contributed by atoms with Crippen LogP contribution in [0, 0.1) is 0 Å². The van der Waals surface area contributed by atoms with Gasteiger partial charge in [-0.3, -0.25) is 0 Å². The second kappa shape index (κ2) is 7.89. The van der Waals surface area contributed by atoms with Gasteiger partial charge in [-0.15, -0.1) is 0 Å². The molecule has 2 atom stereocenters. The van der Waals surface area contributed by atoms with Gasteiger partial charge in [0.1, 0.15) is 0 Å². The smallest absolute Gasteiger partial charge is 0.0160 e. The largest absolute Gasteiger partial charge is 0.311 e. The maximum Gasteiger partial charge on any atom is 0.0160 e. The molecule has 1 N–H and O–H groups in total. The van der Waals surface area contributed by atoms with E-state index in [9.17, 15) is 0 Å². The molecule has 0 saturated carbocycles. The minimum absolute atomic E-state index is 0.706. The molecule has 1 nitrogen and oxygen atoms in total. The molecule has 0 spiro atoms. The molecular weight excluding hydrogens is 210 g/mol. The molecule has 1 aliphatic rings. The summed E-state index contributed by atoms with van der Waals surface area (Å²) in [6.07, 6.45) is 4.11. The van der Waals surface area contributed by atoms with E-state index in [-0.39, 0.29) is 0 Å². The molecule has 1 rings (SSSR count). The summed E-state index contributed by atoms with van der Waals surface area (Å²) in [5, 5.41) is 3.74. The lowest BCUT2D eigenvalue weighted by Crippen LogP contribution is -2.40. The van der Waals surface area contributed by atoms with Gasteiger partial charge in [0.05, 0.1) is 0 Å². The van der Waals surface area contributed by atoms with Crippen molar-refractivity contribution in [3.05, 3.63) is 0 Å². The first-order valence-electron chi connectivity index (χ1n) is 5.74. The lowest BCUT2D eigenvalue weighted by atomic mass is 10.1. The summed E-state index contributed by atoms with van der Waals surface area (Å²) in [4.78, 5) is 0. The third kappa shape index (κ3) is 5.52. The Morgan fingerprint density at radius 3 is 3.07 bits per heavy atom. The first-order valence-corrected chi connectivity index (χ1v) is 8.05. The molecule has 0 radical (unpaired) electrons. The molecule has 14 heavy (non-hydrogen) atoms. The van der Waals surface area contributed by atoms with Gasteiger partial charge in [0.15, 0.2) is 0 Å². The quantitative estimate of drug-likeness (QED) is 0.708. The number of rotatable bonds is 6. The van der Waals surface area contributed by atoms with E-state index in [0.717, 1.165) is 6.04 Å². The lowest BCUT2D eigenvalue weighted by Gasteiger charge is -2.26. The van der Waals surface area contributed by atoms with E-state index in [4.69, 9.17) is 0 Å². The summed E-state index contributed by atoms with van der Waals surface area (Å²) >= 11 is 4.16. The van der Waals surface area contributed by atoms with E-state index in [1.807, 2.05) is 0 Å². The summed E-state index contributed by atoms with van der Waals surface area (Å²) in [6.45, 7) is 4.57. The number of hydrogen-bond acceptors (Lipinski definition) is 3. The van der Waals surface area contributed by atoms with Gasteiger partial charge in [0.2, 0.25) is 0 Å². The third-order valence-electron chi connectivity index (χ3n) is 2.58. The summed E-state index contributed by atoms with van der Waals surface area (Å²) in [5.41, 5.74) is 0. The van der Waals surface area contributed by atoms with Crippen LogP contribution in [0.2, 0.25) is 0 Å². The fraction of sp³-hybridized carbons (Fsp3) is 1.00. The van der Waals surface area contributed by atoms with Crippen molar-refractivity contribution in [3.63, 3.8) is 0 Å². The predicted octanol–water partition coefficient (Wildman–Crippen LogP) is 3.00. The van der Waals surface area contributed by atoms with E-state index < -0.39 is 0 Å². The van der Waals surface area contributed by atoms with E-state index in [1.54, 1.807) is 0 Å². The Kier molecular flexibility index (Phi) is 7.17. The van der Waals surface area contributed by atoms with Crippen molar-refractivity contribution in [1.29, 1.82) is 0 Å². The normalized spacial score (nSPS) is 24.9. The molecule has 1 fully saturated rings. The van der Waals surface area contributed by atoms with Crippen molar-refractivity contribution in [2.45, 2.75) is 45.2 Å². The zero-order valence-corrected chi connectivity index (χ0v) is 11.1. The second-order valence-corrected chi connectivity index (χ2v) is 6.51. The van der Waals surface area contributed by atoms with Crippen LogP contribution in [-0.4, -0.2) is 35.1 Å². The Labute approximate surface area is 97.2 Å². The molecule has 0 amide bonds. The van der Waals surface area contributed by atoms with Crippen molar-refractivity contribution in [2.75, 3.05) is 23.0 Å². The molecule has 3 heteroatoms. The average molecular weight is 233 g/mol. The van der Waals surface area contributed by atoms with Crippen LogP contribution in [0.25, 0.3) is 0 Å². The molecule has 0 aromatic carbocycles. The fourth-order valence-electron chi connectivity index (χ4n) is 1.76. The molecular formula is C11H23NS2. The van der Waals surface area contributed by atoms with E-state index in [2.05, 4.69) is 42.7 Å². The zero-order chi connectivity index (χ0) is 10.2. The highest BCUT2D eigenvalue weighted by atomic mass is 32.2. The van der Waals surface area contributed by atoms with Crippen molar-refractivity contribution >= 4 is 23.5 Å². The number of thioether (sulfide) groups is 2. The van der Waals surface area contributed by atoms with Crippen molar-refractivity contribution < 1.29 is 0 Å². The standard InChI is InChI=1S/C11H23NS2/c1-3-13-8-6-10(2)12-11-5-4-7-14-9-11/h10-12H,3-9H2,1-2H3. The zero-order valence-electron chi connectivity index (χ0n) is 9.42. The third-order valence-corrected chi connectivity index (χ3v) is 4.73. The predicted molar refractivity (Wildman–Crippen MR) is 70.6 cm³/mol. The second-order valence-electron chi connectivity index (χ2n) is 3.97. The molecule has 2 unspecified atom stereocenters. The first kappa shape index (κ1) is 12.7. The van der Waals surface area contributed by atoms with Gasteiger partial charge in [-0.25, -0.2) is 0 Å². The minimum Gasteiger partial charge on any atom is -0.311 e. The van der Waals surface area contributed by atoms with Gasteiger partial charge in [-0.05, 0) is 43.4 Å². The van der Waals surface area contributed by atoms with Crippen LogP contribution in [0.3, 0.4) is 0 Å². The topological polar surface area (TPSA) is 12.0 Å². The Morgan fingerprint density at radius 2 is 2.43 bits per heavy atom. The molecule has 0 aliphatic carbocycles. The SMILES string of the molecule is CCSCCC(C)NC1CCCSC1. The van der Waals surface area contributed by atoms with Crippen molar-refractivity contribution in [1.82, 2.24) is 5.32 Å². The van der Waals surface area contributed by atoms with Gasteiger partial charge < -0.3 is 5.32 Å². The highest BCUT2D eigenvalue weighted by Gasteiger charge is 2.15. The van der Waals surface area contributed by atoms with Crippen LogP contribution in [0.4, 0.5) is 0 Å². The molecule has 84 valence electrons. The van der Waals surface area contributed by atoms with Crippen LogP contribution < -0.4 is 5.32 Å². The molecule has 1 aliphatic heterocycles. The van der Waals surface area contributed by atoms with E-state index >= 15 is 0 Å². The Hall–Kier alpha value is 0.660. The van der Waals surface area contributed by atoms with Gasteiger partial charge >= 0.3 is 0 Å². The lowest BCUT2D eigenvalue weighted by molar-refractivity contribution is 0.437. The van der Waals surface area contributed by atoms with Gasteiger partial charge in [0.25, 0.3) is 0 Å². The van der Waals surface area contributed by atoms with Gasteiger partial charge in [-0.2, -0.15) is 23.5 Å². The molecule has 1 saturated heterocycles. The van der Waals surface area contributed by atoms with Crippen molar-refractivity contribution in [3.8, 4) is 0 Å². The average Bonchev–Trinajstić information content (AvgIpc) is 2.20. The Morgan fingerprint density at radius 1 is 1.57 bits per heavy atom. The van der Waals surface area contributed by atoms with Crippen LogP contribution in [-0.2, 0) is 0 Å². The van der Waals surface area contributed by atoms with Gasteiger partial charge in [0, 0.05) is 17.8 Å². The maximum atomic E-state index is 3.74. The van der Waals surface area contributed by atoms with Crippen LogP contribution in [0.5, 0.6) is 0 Å². The number of nitrogens with one attached hydrogen (secondary N) is 1. The molecule has 0 bridgehead atoms. The van der Waals surface area contributed by atoms with Gasteiger partial charge in [-0.1, -0.05) is 6.92 Å². The Bertz CT molecular complexity index is 135. The molecule has 0 aromatic rings. The summed E-state index contributed by atoms with van der Waals surface area (Å²) < 4.78 is 0. The summed E-state index contributed by atoms with van der Waals surface area (Å²) in [6, 6.07) is 1.49. The fourth-order valence-corrected chi connectivity index (χ4v) is 3.66.